The minimum Gasteiger partial charge on any atom is -0.461 e. The highest BCUT2D eigenvalue weighted by Crippen LogP contribution is 2.33. The normalized spacial score (nSPS) is 11.1. The monoisotopic (exact) mass is 496 g/mol. The second-order valence-corrected chi connectivity index (χ2v) is 8.26. The summed E-state index contributed by atoms with van der Waals surface area (Å²) in [5.74, 6) is 0.709. The second-order valence-electron chi connectivity index (χ2n) is 6.82. The third-order valence-corrected chi connectivity index (χ3v) is 5.98. The van der Waals surface area contributed by atoms with Crippen LogP contribution < -0.4 is 5.43 Å². The van der Waals surface area contributed by atoms with Crippen LogP contribution in [0.15, 0.2) is 80.4 Å². The van der Waals surface area contributed by atoms with Gasteiger partial charge >= 0.3 is 0 Å². The van der Waals surface area contributed by atoms with Gasteiger partial charge in [-0.2, -0.15) is 5.10 Å². The maximum Gasteiger partial charge on any atom is 0.271 e. The van der Waals surface area contributed by atoms with Crippen LogP contribution in [-0.2, 0) is 6.54 Å². The van der Waals surface area contributed by atoms with Gasteiger partial charge < -0.3 is 4.42 Å². The maximum atomic E-state index is 12.3. The van der Waals surface area contributed by atoms with E-state index >= 15 is 0 Å². The van der Waals surface area contributed by atoms with E-state index in [2.05, 4.69) is 20.7 Å². The van der Waals surface area contributed by atoms with Crippen molar-refractivity contribution in [3.05, 3.63) is 87.1 Å². The maximum absolute atomic E-state index is 12.3. The Labute approximate surface area is 202 Å². The highest BCUT2D eigenvalue weighted by atomic mass is 35.5. The SMILES string of the molecule is CCn1c(Sc2ccc([N+](=O)[O-])cc2/C=N\NC(=O)c2ccc(Cl)cc2)nnc1-c1ccco1. The largest absolute Gasteiger partial charge is 0.461 e. The molecule has 0 fully saturated rings. The summed E-state index contributed by atoms with van der Waals surface area (Å²) in [5.41, 5.74) is 3.11. The lowest BCUT2D eigenvalue weighted by atomic mass is 10.2. The van der Waals surface area contributed by atoms with Gasteiger partial charge in [0, 0.05) is 39.7 Å². The zero-order chi connectivity index (χ0) is 24.1. The lowest BCUT2D eigenvalue weighted by Crippen LogP contribution is -2.17. The number of nitro groups is 1. The van der Waals surface area contributed by atoms with Crippen LogP contribution >= 0.6 is 23.4 Å². The van der Waals surface area contributed by atoms with Crippen LogP contribution in [-0.4, -0.2) is 31.8 Å². The van der Waals surface area contributed by atoms with Gasteiger partial charge in [0.1, 0.15) is 0 Å². The molecule has 0 saturated heterocycles. The van der Waals surface area contributed by atoms with E-state index < -0.39 is 10.8 Å². The first kappa shape index (κ1) is 23.2. The smallest absolute Gasteiger partial charge is 0.271 e. The molecule has 2 heterocycles. The van der Waals surface area contributed by atoms with Crippen molar-refractivity contribution in [2.24, 2.45) is 5.10 Å². The third-order valence-electron chi connectivity index (χ3n) is 4.66. The molecule has 2 aromatic carbocycles. The Bertz CT molecular complexity index is 1350. The number of carbonyl (C=O) groups is 1. The van der Waals surface area contributed by atoms with Crippen LogP contribution in [0.25, 0.3) is 11.6 Å². The van der Waals surface area contributed by atoms with Gasteiger partial charge in [0.05, 0.1) is 17.4 Å². The lowest BCUT2D eigenvalue weighted by Gasteiger charge is -2.08. The van der Waals surface area contributed by atoms with Crippen molar-refractivity contribution in [3.8, 4) is 11.6 Å². The van der Waals surface area contributed by atoms with E-state index in [0.29, 0.717) is 44.3 Å². The Morgan fingerprint density at radius 1 is 1.26 bits per heavy atom. The van der Waals surface area contributed by atoms with Crippen LogP contribution in [0.5, 0.6) is 0 Å². The molecule has 0 saturated carbocycles. The lowest BCUT2D eigenvalue weighted by molar-refractivity contribution is -0.384. The number of rotatable bonds is 8. The molecule has 0 radical (unpaired) electrons. The number of halogens is 1. The molecule has 0 bridgehead atoms. The fourth-order valence-electron chi connectivity index (χ4n) is 3.01. The zero-order valence-electron chi connectivity index (χ0n) is 17.7. The van der Waals surface area contributed by atoms with Crippen molar-refractivity contribution in [1.82, 2.24) is 20.2 Å². The van der Waals surface area contributed by atoms with Gasteiger partial charge in [-0.05, 0) is 61.2 Å². The summed E-state index contributed by atoms with van der Waals surface area (Å²) in [7, 11) is 0. The Balaban J connectivity index is 1.60. The number of non-ortho nitro benzene ring substituents is 1. The van der Waals surface area contributed by atoms with E-state index in [1.54, 1.807) is 48.7 Å². The molecule has 0 aliphatic heterocycles. The predicted molar refractivity (Wildman–Crippen MR) is 127 cm³/mol. The Morgan fingerprint density at radius 2 is 2.06 bits per heavy atom. The highest BCUT2D eigenvalue weighted by Gasteiger charge is 2.18. The summed E-state index contributed by atoms with van der Waals surface area (Å²) < 4.78 is 7.30. The average Bonchev–Trinajstić information content (AvgIpc) is 3.50. The first-order valence-electron chi connectivity index (χ1n) is 9.98. The summed E-state index contributed by atoms with van der Waals surface area (Å²) in [5, 5.41) is 24.8. The first-order valence-corrected chi connectivity index (χ1v) is 11.2. The molecule has 10 nitrogen and oxygen atoms in total. The van der Waals surface area contributed by atoms with Crippen LogP contribution in [0, 0.1) is 10.1 Å². The molecule has 12 heteroatoms. The van der Waals surface area contributed by atoms with Crippen molar-refractivity contribution >= 4 is 41.2 Å². The van der Waals surface area contributed by atoms with Gasteiger partial charge in [0.2, 0.25) is 0 Å². The minimum atomic E-state index is -0.498. The predicted octanol–water partition coefficient (Wildman–Crippen LogP) is 5.03. The molecule has 4 aromatic rings. The molecule has 1 amide bonds. The molecule has 0 atom stereocenters. The highest BCUT2D eigenvalue weighted by molar-refractivity contribution is 7.99. The van der Waals surface area contributed by atoms with Crippen molar-refractivity contribution in [2.75, 3.05) is 0 Å². The zero-order valence-corrected chi connectivity index (χ0v) is 19.3. The van der Waals surface area contributed by atoms with Crippen molar-refractivity contribution in [3.63, 3.8) is 0 Å². The summed E-state index contributed by atoms with van der Waals surface area (Å²) in [6.45, 7) is 2.53. The molecule has 0 unspecified atom stereocenters. The number of aromatic nitrogens is 3. The summed E-state index contributed by atoms with van der Waals surface area (Å²) in [6.07, 6.45) is 2.91. The number of nitro benzene ring substituents is 1. The van der Waals surface area contributed by atoms with Crippen LogP contribution in [0.2, 0.25) is 5.02 Å². The molecule has 0 spiro atoms. The second kappa shape index (κ2) is 10.3. The van der Waals surface area contributed by atoms with Gasteiger partial charge in [0.15, 0.2) is 16.7 Å². The fourth-order valence-corrected chi connectivity index (χ4v) is 4.10. The molecule has 0 aliphatic carbocycles. The number of hydrazone groups is 1. The van der Waals surface area contributed by atoms with E-state index in [1.165, 1.54) is 30.1 Å². The van der Waals surface area contributed by atoms with E-state index in [9.17, 15) is 14.9 Å². The van der Waals surface area contributed by atoms with Gasteiger partial charge in [-0.3, -0.25) is 19.5 Å². The molecular weight excluding hydrogens is 480 g/mol. The number of nitrogens with zero attached hydrogens (tertiary/aromatic N) is 5. The first-order chi connectivity index (χ1) is 16.5. The van der Waals surface area contributed by atoms with Gasteiger partial charge in [-0.15, -0.1) is 10.2 Å². The summed E-state index contributed by atoms with van der Waals surface area (Å²) >= 11 is 7.11. The van der Waals surface area contributed by atoms with Gasteiger partial charge in [-0.25, -0.2) is 5.43 Å². The molecule has 2 aromatic heterocycles. The standard InChI is InChI=1S/C22H17ClN6O4S/c1-2-28-20(18-4-3-11-33-18)25-27-22(28)34-19-10-9-17(29(31)32)12-15(19)13-24-26-21(30)14-5-7-16(23)8-6-14/h3-13H,2H2,1H3,(H,26,30)/b24-13-. The quantitative estimate of drug-likeness (QED) is 0.205. The van der Waals surface area contributed by atoms with E-state index in [0.717, 1.165) is 0 Å². The van der Waals surface area contributed by atoms with Gasteiger partial charge in [-0.1, -0.05) is 11.6 Å². The number of furan rings is 1. The number of benzene rings is 2. The van der Waals surface area contributed by atoms with Crippen LogP contribution in [0.3, 0.4) is 0 Å². The number of hydrogen-bond acceptors (Lipinski definition) is 8. The summed E-state index contributed by atoms with van der Waals surface area (Å²) in [4.78, 5) is 23.7. The molecular formula is C22H17ClN6O4S. The van der Waals surface area contributed by atoms with E-state index in [-0.39, 0.29) is 5.69 Å². The van der Waals surface area contributed by atoms with Crippen LogP contribution in [0.1, 0.15) is 22.8 Å². The van der Waals surface area contributed by atoms with Crippen LogP contribution in [0.4, 0.5) is 5.69 Å². The fraction of sp³-hybridized carbons (Fsp3) is 0.0909. The Morgan fingerprint density at radius 3 is 2.74 bits per heavy atom. The number of carbonyl (C=O) groups excluding carboxylic acids is 1. The van der Waals surface area contributed by atoms with Gasteiger partial charge in [0.25, 0.3) is 11.6 Å². The topological polar surface area (TPSA) is 128 Å². The summed E-state index contributed by atoms with van der Waals surface area (Å²) in [6, 6.07) is 14.2. The van der Waals surface area contributed by atoms with E-state index in [4.69, 9.17) is 16.0 Å². The Kier molecular flexibility index (Phi) is 7.04. The minimum absolute atomic E-state index is 0.108. The van der Waals surface area contributed by atoms with Crippen molar-refractivity contribution in [1.29, 1.82) is 0 Å². The number of hydrogen-bond donors (Lipinski definition) is 1. The average molecular weight is 497 g/mol. The van der Waals surface area contributed by atoms with Crippen molar-refractivity contribution < 1.29 is 14.1 Å². The van der Waals surface area contributed by atoms with Crippen molar-refractivity contribution in [2.45, 2.75) is 23.5 Å². The Hall–Kier alpha value is -3.96. The number of amides is 1. The molecule has 4 rings (SSSR count). The molecule has 0 aliphatic rings. The molecule has 1 N–H and O–H groups in total. The molecule has 172 valence electrons. The third kappa shape index (κ3) is 5.16. The number of nitrogens with one attached hydrogen (secondary N) is 1. The molecule has 34 heavy (non-hydrogen) atoms. The van der Waals surface area contributed by atoms with E-state index in [1.807, 2.05) is 11.5 Å².